The number of hydrogen-bond donors (Lipinski definition) is 4. The van der Waals surface area contributed by atoms with Gasteiger partial charge in [-0.25, -0.2) is 16.8 Å². The second kappa shape index (κ2) is 18.8. The molecule has 0 heterocycles. The smallest absolute Gasteiger partial charge is 0.296 e. The maximum absolute atomic E-state index is 14.0. The van der Waals surface area contributed by atoms with Crippen molar-refractivity contribution in [3.8, 4) is 17.2 Å². The van der Waals surface area contributed by atoms with E-state index in [1.807, 2.05) is 0 Å². The van der Waals surface area contributed by atoms with Crippen LogP contribution in [0.5, 0.6) is 17.2 Å². The van der Waals surface area contributed by atoms with Gasteiger partial charge in [-0.05, 0) is 92.0 Å². The maximum atomic E-state index is 14.0. The fraction of sp³-hybridized carbons (Fsp3) is 0.0811. The van der Waals surface area contributed by atoms with Crippen molar-refractivity contribution in [1.82, 2.24) is 0 Å². The molecule has 0 saturated carbocycles. The summed E-state index contributed by atoms with van der Waals surface area (Å²) in [6.45, 7) is 3.37. The van der Waals surface area contributed by atoms with Crippen LogP contribution >= 0.6 is 0 Å². The first-order chi connectivity index (χ1) is 26.8. The first-order valence-corrected chi connectivity index (χ1v) is 22.3. The van der Waals surface area contributed by atoms with Gasteiger partial charge in [-0.2, -0.15) is 16.8 Å². The average molecular weight is 899 g/mol. The Morgan fingerprint density at radius 2 is 1.27 bits per heavy atom. The molecule has 298 valence electrons. The van der Waals surface area contributed by atoms with Gasteiger partial charge in [0.2, 0.25) is 0 Å². The van der Waals surface area contributed by atoms with E-state index in [-0.39, 0.29) is 92.6 Å². The number of anilines is 2. The molecule has 6 rings (SSSR count). The zero-order valence-electron chi connectivity index (χ0n) is 31.7. The fourth-order valence-corrected chi connectivity index (χ4v) is 9.42. The maximum Gasteiger partial charge on any atom is 0.296 e. The van der Waals surface area contributed by atoms with E-state index in [0.717, 1.165) is 22.0 Å². The van der Waals surface area contributed by atoms with E-state index in [1.54, 1.807) is 74.5 Å². The molecule has 0 saturated heterocycles. The molecule has 59 heavy (non-hydrogen) atoms. The molecule has 0 aliphatic carbocycles. The Morgan fingerprint density at radius 3 is 1.85 bits per heavy atom. The molecule has 0 aromatic heterocycles. The van der Waals surface area contributed by atoms with Crippen molar-refractivity contribution in [2.24, 2.45) is 10.2 Å². The number of fused-ring (bicyclic) bond motifs is 1. The molecule has 0 fully saturated rings. The minimum Gasteiger partial charge on any atom is -0.505 e. The number of para-hydroxylation sites is 2. The molecule has 6 aromatic rings. The Morgan fingerprint density at radius 1 is 0.678 bits per heavy atom. The van der Waals surface area contributed by atoms with Crippen molar-refractivity contribution in [1.29, 1.82) is 0 Å². The van der Waals surface area contributed by atoms with E-state index in [1.165, 1.54) is 36.4 Å². The van der Waals surface area contributed by atoms with E-state index < -0.39 is 78.0 Å². The number of rotatable bonds is 13. The second-order valence-electron chi connectivity index (χ2n) is 12.3. The largest absolute Gasteiger partial charge is 0.505 e. The molecular formula is C37H32N4Na2O12S4. The second-order valence-corrected chi connectivity index (χ2v) is 18.6. The van der Waals surface area contributed by atoms with Crippen molar-refractivity contribution in [2.45, 2.75) is 33.4 Å². The minimum atomic E-state index is -5.33. The van der Waals surface area contributed by atoms with Gasteiger partial charge in [0.25, 0.3) is 40.3 Å². The first kappa shape index (κ1) is 47.8. The number of nitrogens with one attached hydrogen (secondary N) is 1. The summed E-state index contributed by atoms with van der Waals surface area (Å²) in [6, 6.07) is 27.7. The fourth-order valence-electron chi connectivity index (χ4n) is 5.66. The number of azo groups is 1. The Labute approximate surface area is 385 Å². The van der Waals surface area contributed by atoms with Crippen LogP contribution in [0.2, 0.25) is 0 Å². The van der Waals surface area contributed by atoms with Crippen LogP contribution in [-0.4, -0.2) is 114 Å². The van der Waals surface area contributed by atoms with Gasteiger partial charge >= 0.3 is 0 Å². The number of phenols is 1. The first-order valence-electron chi connectivity index (χ1n) is 16.5. The van der Waals surface area contributed by atoms with Crippen LogP contribution in [0.1, 0.15) is 12.5 Å². The molecule has 4 N–H and O–H groups in total. The standard InChI is InChI=1S/C37H32N4O12S4.2Na/c1-3-41(26-10-6-4-7-11-26)55(45,46)29-18-19-33(53-27-12-8-5-9-13-27)31(22-29)38-39-36-34(57(50,51)52)21-25-20-30(56(47,48)49)23-32(35(25)37(36)42)40-54(43,44)28-16-14-24(2)15-17-28;;/h4-23,40,42H,3H2,1-2H3,(H,47,48,49)(H,50,51,52);;. The molecule has 0 amide bonds. The van der Waals surface area contributed by atoms with E-state index in [9.17, 15) is 47.9 Å². The van der Waals surface area contributed by atoms with Crippen molar-refractivity contribution in [3.05, 3.63) is 127 Å². The summed E-state index contributed by atoms with van der Waals surface area (Å²) < 4.78 is 134. The molecule has 0 spiro atoms. The number of sulfonamides is 2. The average Bonchev–Trinajstić information content (AvgIpc) is 3.15. The van der Waals surface area contributed by atoms with Gasteiger partial charge in [0.15, 0.2) is 11.5 Å². The third-order valence-corrected chi connectivity index (χ3v) is 13.3. The van der Waals surface area contributed by atoms with Crippen LogP contribution in [0.4, 0.5) is 22.7 Å². The Hall–Kier alpha value is -3.90. The molecule has 0 atom stereocenters. The van der Waals surface area contributed by atoms with E-state index in [0.29, 0.717) is 17.8 Å². The van der Waals surface area contributed by atoms with Crippen molar-refractivity contribution in [2.75, 3.05) is 15.6 Å². The molecule has 0 unspecified atom stereocenters. The summed E-state index contributed by atoms with van der Waals surface area (Å²) in [5.74, 6) is -0.899. The third kappa shape index (κ3) is 10.7. The van der Waals surface area contributed by atoms with Gasteiger partial charge in [0.05, 0.1) is 31.4 Å². The number of nitrogens with zero attached hydrogens (tertiary/aromatic N) is 3. The van der Waals surface area contributed by atoms with Crippen LogP contribution in [0, 0.1) is 6.92 Å². The van der Waals surface area contributed by atoms with Crippen molar-refractivity contribution >= 4 is 133 Å². The zero-order chi connectivity index (χ0) is 41.3. The zero-order valence-corrected chi connectivity index (χ0v) is 39.0. The quantitative estimate of drug-likeness (QED) is 0.0531. The van der Waals surface area contributed by atoms with E-state index in [2.05, 4.69) is 15.0 Å². The third-order valence-electron chi connectivity index (χ3n) is 8.35. The Balaban J connectivity index is 0.00000384. The number of hydrogen-bond acceptors (Lipinski definition) is 12. The normalized spacial score (nSPS) is 12.1. The predicted molar refractivity (Wildman–Crippen MR) is 223 cm³/mol. The summed E-state index contributed by atoms with van der Waals surface area (Å²) in [6.07, 6.45) is 0. The van der Waals surface area contributed by atoms with E-state index >= 15 is 0 Å². The van der Waals surface area contributed by atoms with Crippen LogP contribution in [0.3, 0.4) is 0 Å². The number of phenolic OH excluding ortho intramolecular Hbond substituents is 1. The minimum absolute atomic E-state index is 0. The molecule has 2 radical (unpaired) electrons. The topological polar surface area (TPSA) is 246 Å². The van der Waals surface area contributed by atoms with Gasteiger partial charge in [0, 0.05) is 65.7 Å². The molecule has 0 aliphatic rings. The summed E-state index contributed by atoms with van der Waals surface area (Å²) in [4.78, 5) is -2.58. The molecule has 16 nitrogen and oxygen atoms in total. The SMILES string of the molecule is CCN(c1ccccc1)S(=O)(=O)c1ccc(Oc2ccccc2)c(N=Nc2c(S(=O)(=O)O)cc3cc(S(=O)(=O)O)cc(NS(=O)(=O)c4ccc(C)cc4)c3c2O)c1.[Na].[Na]. The van der Waals surface area contributed by atoms with Gasteiger partial charge in [-0.15, -0.1) is 10.2 Å². The van der Waals surface area contributed by atoms with Gasteiger partial charge in [0.1, 0.15) is 22.0 Å². The van der Waals surface area contributed by atoms with Gasteiger partial charge in [-0.1, -0.05) is 54.1 Å². The Bertz CT molecular complexity index is 3000. The summed E-state index contributed by atoms with van der Waals surface area (Å²) in [5.41, 5.74) is -0.820. The number of aromatic hydroxyl groups is 1. The number of benzene rings is 6. The number of aryl methyl sites for hydroxylation is 1. The summed E-state index contributed by atoms with van der Waals surface area (Å²) in [5, 5.41) is 18.7. The molecule has 0 bridgehead atoms. The van der Waals surface area contributed by atoms with Gasteiger partial charge in [-0.3, -0.25) is 18.1 Å². The van der Waals surface area contributed by atoms with Gasteiger partial charge < -0.3 is 9.84 Å². The van der Waals surface area contributed by atoms with Crippen LogP contribution in [-0.2, 0) is 40.3 Å². The van der Waals surface area contributed by atoms with Crippen LogP contribution in [0.15, 0.2) is 151 Å². The van der Waals surface area contributed by atoms with Crippen LogP contribution in [0.25, 0.3) is 10.8 Å². The van der Waals surface area contributed by atoms with E-state index in [4.69, 9.17) is 4.74 Å². The molecule has 6 aromatic carbocycles. The molecular weight excluding hydrogens is 867 g/mol. The summed E-state index contributed by atoms with van der Waals surface area (Å²) >= 11 is 0. The molecule has 22 heteroatoms. The predicted octanol–water partition coefficient (Wildman–Crippen LogP) is 6.81. The summed E-state index contributed by atoms with van der Waals surface area (Å²) in [7, 11) is -19.2. The molecule has 0 aliphatic heterocycles. The Kier molecular flexibility index (Phi) is 15.2. The van der Waals surface area contributed by atoms with Crippen molar-refractivity contribution < 1.29 is 52.6 Å². The van der Waals surface area contributed by atoms with Crippen LogP contribution < -0.4 is 13.8 Å². The monoisotopic (exact) mass is 898 g/mol. The van der Waals surface area contributed by atoms with Crippen molar-refractivity contribution in [3.63, 3.8) is 0 Å². The number of ether oxygens (including phenoxy) is 1.